The van der Waals surface area contributed by atoms with Crippen molar-refractivity contribution in [1.82, 2.24) is 25.2 Å². The lowest BCUT2D eigenvalue weighted by Gasteiger charge is -2.36. The van der Waals surface area contributed by atoms with E-state index in [0.29, 0.717) is 5.89 Å². The fraction of sp³-hybridized carbons (Fsp3) is 0.364. The van der Waals surface area contributed by atoms with Gasteiger partial charge in [-0.15, -0.1) is 0 Å². The average Bonchev–Trinajstić information content (AvgIpc) is 3.27. The lowest BCUT2D eigenvalue weighted by atomic mass is 10.1. The Balaban J connectivity index is 1.26. The van der Waals surface area contributed by atoms with E-state index in [1.807, 2.05) is 25.2 Å². The molecule has 2 aromatic heterocycles. The number of oxazole rings is 1. The van der Waals surface area contributed by atoms with Gasteiger partial charge in [0.1, 0.15) is 6.26 Å². The summed E-state index contributed by atoms with van der Waals surface area (Å²) in [5, 5.41) is 3.44. The number of guanidine groups is 1. The van der Waals surface area contributed by atoms with Gasteiger partial charge in [-0.25, -0.2) is 15.0 Å². The highest BCUT2D eigenvalue weighted by molar-refractivity contribution is 5.80. The van der Waals surface area contributed by atoms with E-state index in [1.54, 1.807) is 18.7 Å². The van der Waals surface area contributed by atoms with Crippen molar-refractivity contribution in [3.63, 3.8) is 0 Å². The van der Waals surface area contributed by atoms with Crippen molar-refractivity contribution in [2.45, 2.75) is 13.3 Å². The molecule has 1 aliphatic rings. The number of hydrogen-bond donors (Lipinski definition) is 1. The molecule has 4 rings (SSSR count). The van der Waals surface area contributed by atoms with E-state index in [9.17, 15) is 0 Å². The SMILES string of the molecule is CN=C(NCCc1coc(-c2ccc(C)cc2)n1)N1CCN(c2ncccn2)CC1. The highest BCUT2D eigenvalue weighted by atomic mass is 16.3. The summed E-state index contributed by atoms with van der Waals surface area (Å²) < 4.78 is 5.65. The number of anilines is 1. The van der Waals surface area contributed by atoms with Gasteiger partial charge in [-0.3, -0.25) is 4.99 Å². The van der Waals surface area contributed by atoms with Gasteiger partial charge in [0.25, 0.3) is 0 Å². The van der Waals surface area contributed by atoms with Crippen LogP contribution in [0.3, 0.4) is 0 Å². The summed E-state index contributed by atoms with van der Waals surface area (Å²) >= 11 is 0. The fourth-order valence-corrected chi connectivity index (χ4v) is 3.46. The Morgan fingerprint density at radius 3 is 2.53 bits per heavy atom. The van der Waals surface area contributed by atoms with Crippen LogP contribution in [0.1, 0.15) is 11.3 Å². The summed E-state index contributed by atoms with van der Waals surface area (Å²) in [6.07, 6.45) is 6.07. The number of nitrogens with one attached hydrogen (secondary N) is 1. The van der Waals surface area contributed by atoms with Crippen molar-refractivity contribution in [1.29, 1.82) is 0 Å². The molecule has 156 valence electrons. The van der Waals surface area contributed by atoms with Crippen LogP contribution in [-0.4, -0.2) is 65.6 Å². The number of piperazine rings is 1. The lowest BCUT2D eigenvalue weighted by molar-refractivity contribution is 0.370. The predicted octanol–water partition coefficient (Wildman–Crippen LogP) is 2.38. The number of aliphatic imine (C=N–C) groups is 1. The Morgan fingerprint density at radius 2 is 1.83 bits per heavy atom. The number of aryl methyl sites for hydroxylation is 1. The van der Waals surface area contributed by atoms with Gasteiger partial charge in [0.15, 0.2) is 5.96 Å². The molecule has 3 aromatic rings. The summed E-state index contributed by atoms with van der Waals surface area (Å²) in [4.78, 5) is 22.2. The van der Waals surface area contributed by atoms with Crippen molar-refractivity contribution in [3.8, 4) is 11.5 Å². The average molecular weight is 406 g/mol. The third kappa shape index (κ3) is 4.76. The molecule has 0 atom stereocenters. The van der Waals surface area contributed by atoms with Crippen LogP contribution in [0.15, 0.2) is 58.4 Å². The summed E-state index contributed by atoms with van der Waals surface area (Å²) in [6, 6.07) is 10.0. The van der Waals surface area contributed by atoms with E-state index in [0.717, 1.165) is 62.3 Å². The largest absolute Gasteiger partial charge is 0.444 e. The maximum atomic E-state index is 5.65. The van der Waals surface area contributed by atoms with Gasteiger partial charge in [0.05, 0.1) is 5.69 Å². The summed E-state index contributed by atoms with van der Waals surface area (Å²) in [7, 11) is 1.82. The number of rotatable bonds is 5. The predicted molar refractivity (Wildman–Crippen MR) is 118 cm³/mol. The number of nitrogens with zero attached hydrogens (tertiary/aromatic N) is 6. The minimum Gasteiger partial charge on any atom is -0.444 e. The van der Waals surface area contributed by atoms with Crippen molar-refractivity contribution in [3.05, 3.63) is 60.2 Å². The molecule has 1 saturated heterocycles. The Bertz CT molecular complexity index is 961. The molecule has 8 nitrogen and oxygen atoms in total. The normalized spacial score (nSPS) is 14.8. The Hall–Kier alpha value is -3.42. The van der Waals surface area contributed by atoms with Crippen LogP contribution in [0.25, 0.3) is 11.5 Å². The molecular formula is C22H27N7O. The molecule has 0 spiro atoms. The minimum atomic E-state index is 0.661. The summed E-state index contributed by atoms with van der Waals surface area (Å²) in [5.41, 5.74) is 3.15. The van der Waals surface area contributed by atoms with Gasteiger partial charge >= 0.3 is 0 Å². The van der Waals surface area contributed by atoms with Crippen LogP contribution in [0.4, 0.5) is 5.95 Å². The van der Waals surface area contributed by atoms with E-state index in [1.165, 1.54) is 5.56 Å². The van der Waals surface area contributed by atoms with E-state index < -0.39 is 0 Å². The second-order valence-electron chi connectivity index (χ2n) is 7.26. The molecule has 0 unspecified atom stereocenters. The summed E-state index contributed by atoms with van der Waals surface area (Å²) in [6.45, 7) is 6.30. The lowest BCUT2D eigenvalue weighted by Crippen LogP contribution is -2.53. The molecule has 3 heterocycles. The zero-order valence-electron chi connectivity index (χ0n) is 17.5. The Labute approximate surface area is 176 Å². The highest BCUT2D eigenvalue weighted by Crippen LogP contribution is 2.19. The van der Waals surface area contributed by atoms with Gasteiger partial charge < -0.3 is 19.5 Å². The molecule has 0 amide bonds. The molecule has 8 heteroatoms. The second kappa shape index (κ2) is 9.39. The van der Waals surface area contributed by atoms with Crippen LogP contribution >= 0.6 is 0 Å². The van der Waals surface area contributed by atoms with Crippen LogP contribution in [0.2, 0.25) is 0 Å². The van der Waals surface area contributed by atoms with E-state index in [4.69, 9.17) is 4.42 Å². The zero-order chi connectivity index (χ0) is 20.8. The molecule has 1 N–H and O–H groups in total. The third-order valence-corrected chi connectivity index (χ3v) is 5.14. The van der Waals surface area contributed by atoms with Gasteiger partial charge in [-0.1, -0.05) is 17.7 Å². The molecule has 30 heavy (non-hydrogen) atoms. The Kier molecular flexibility index (Phi) is 6.22. The van der Waals surface area contributed by atoms with Gasteiger partial charge in [-0.2, -0.15) is 0 Å². The molecule has 0 saturated carbocycles. The zero-order valence-corrected chi connectivity index (χ0v) is 17.5. The quantitative estimate of drug-likeness (QED) is 0.515. The smallest absolute Gasteiger partial charge is 0.226 e. The first kappa shape index (κ1) is 19.9. The van der Waals surface area contributed by atoms with E-state index >= 15 is 0 Å². The third-order valence-electron chi connectivity index (χ3n) is 5.14. The maximum absolute atomic E-state index is 5.65. The molecule has 0 radical (unpaired) electrons. The van der Waals surface area contributed by atoms with Crippen molar-refractivity contribution < 1.29 is 4.42 Å². The standard InChI is InChI=1S/C22H27N7O/c1-17-4-6-18(7-5-17)20-27-19(16-30-20)8-11-26-21(23-2)28-12-14-29(15-13-28)22-24-9-3-10-25-22/h3-7,9-10,16H,8,11-15H2,1-2H3,(H,23,26). The van der Waals surface area contributed by atoms with Crippen LogP contribution in [0.5, 0.6) is 0 Å². The second-order valence-corrected chi connectivity index (χ2v) is 7.26. The monoisotopic (exact) mass is 405 g/mol. The fourth-order valence-electron chi connectivity index (χ4n) is 3.46. The Morgan fingerprint density at radius 1 is 1.10 bits per heavy atom. The highest BCUT2D eigenvalue weighted by Gasteiger charge is 2.21. The number of hydrogen-bond acceptors (Lipinski definition) is 6. The van der Waals surface area contributed by atoms with Gasteiger partial charge in [-0.05, 0) is 25.1 Å². The molecule has 0 bridgehead atoms. The van der Waals surface area contributed by atoms with E-state index in [2.05, 4.69) is 54.1 Å². The van der Waals surface area contributed by atoms with Crippen LogP contribution in [0, 0.1) is 6.92 Å². The van der Waals surface area contributed by atoms with Crippen molar-refractivity contribution in [2.24, 2.45) is 4.99 Å². The summed E-state index contributed by atoms with van der Waals surface area (Å²) in [5.74, 6) is 2.36. The van der Waals surface area contributed by atoms with Gasteiger partial charge in [0, 0.05) is 64.1 Å². The molecular weight excluding hydrogens is 378 g/mol. The van der Waals surface area contributed by atoms with Crippen molar-refractivity contribution >= 4 is 11.9 Å². The first-order valence-electron chi connectivity index (χ1n) is 10.2. The van der Waals surface area contributed by atoms with Crippen molar-refractivity contribution in [2.75, 3.05) is 44.7 Å². The van der Waals surface area contributed by atoms with Crippen LogP contribution in [-0.2, 0) is 6.42 Å². The first-order valence-corrected chi connectivity index (χ1v) is 10.2. The van der Waals surface area contributed by atoms with E-state index in [-0.39, 0.29) is 0 Å². The first-order chi connectivity index (χ1) is 14.7. The number of benzene rings is 1. The van der Waals surface area contributed by atoms with Crippen LogP contribution < -0.4 is 10.2 Å². The minimum absolute atomic E-state index is 0.661. The maximum Gasteiger partial charge on any atom is 0.226 e. The number of aromatic nitrogens is 3. The molecule has 1 aromatic carbocycles. The molecule has 1 aliphatic heterocycles. The molecule has 1 fully saturated rings. The van der Waals surface area contributed by atoms with Gasteiger partial charge in [0.2, 0.25) is 11.8 Å². The molecule has 0 aliphatic carbocycles. The topological polar surface area (TPSA) is 82.7 Å².